The normalized spacial score (nSPS) is 15.0. The van der Waals surface area contributed by atoms with Crippen LogP contribution in [0, 0.1) is 13.8 Å². The minimum atomic E-state index is -0.376. The SMILES string of the molecule is CC1=C(C(=O)Nc2ccc(C)cc2C)[C@H](c2cccs2)n2nc(SCc3ccccc3Cl)nc2N1. The van der Waals surface area contributed by atoms with Crippen molar-refractivity contribution >= 4 is 52.2 Å². The summed E-state index contributed by atoms with van der Waals surface area (Å²) in [6.07, 6.45) is 0. The predicted octanol–water partition coefficient (Wildman–Crippen LogP) is 6.83. The van der Waals surface area contributed by atoms with E-state index in [0.717, 1.165) is 38.0 Å². The van der Waals surface area contributed by atoms with Crippen molar-refractivity contribution < 1.29 is 4.79 Å². The van der Waals surface area contributed by atoms with Gasteiger partial charge in [0, 0.05) is 27.0 Å². The third-order valence-corrected chi connectivity index (χ3v) is 8.02. The number of nitrogens with zero attached hydrogens (tertiary/aromatic N) is 3. The first-order chi connectivity index (χ1) is 16.9. The molecular formula is C26H24ClN5OS2. The number of hydrogen-bond acceptors (Lipinski definition) is 6. The number of fused-ring (bicyclic) bond motifs is 1. The summed E-state index contributed by atoms with van der Waals surface area (Å²) in [7, 11) is 0. The smallest absolute Gasteiger partial charge is 0.255 e. The molecule has 0 unspecified atom stereocenters. The number of benzene rings is 2. The number of rotatable bonds is 6. The number of aromatic nitrogens is 3. The number of hydrogen-bond donors (Lipinski definition) is 2. The van der Waals surface area contributed by atoms with E-state index in [1.54, 1.807) is 11.3 Å². The minimum Gasteiger partial charge on any atom is -0.328 e. The first kappa shape index (κ1) is 23.7. The van der Waals surface area contributed by atoms with Gasteiger partial charge >= 0.3 is 0 Å². The van der Waals surface area contributed by atoms with Crippen LogP contribution in [0.15, 0.2) is 76.4 Å². The second-order valence-corrected chi connectivity index (χ2v) is 10.7. The Morgan fingerprint density at radius 1 is 1.17 bits per heavy atom. The summed E-state index contributed by atoms with van der Waals surface area (Å²) < 4.78 is 1.81. The number of thiophene rings is 1. The average molecular weight is 522 g/mol. The van der Waals surface area contributed by atoms with Crippen LogP contribution in [0.5, 0.6) is 0 Å². The summed E-state index contributed by atoms with van der Waals surface area (Å²) in [5, 5.41) is 14.6. The lowest BCUT2D eigenvalue weighted by Gasteiger charge is -2.27. The Hall–Kier alpha value is -3.07. The molecule has 6 nitrogen and oxygen atoms in total. The van der Waals surface area contributed by atoms with Crippen LogP contribution >= 0.6 is 34.7 Å². The van der Waals surface area contributed by atoms with Gasteiger partial charge in [0.15, 0.2) is 0 Å². The first-order valence-electron chi connectivity index (χ1n) is 11.1. The highest BCUT2D eigenvalue weighted by atomic mass is 35.5. The molecule has 35 heavy (non-hydrogen) atoms. The Bertz CT molecular complexity index is 1430. The first-order valence-corrected chi connectivity index (χ1v) is 13.4. The van der Waals surface area contributed by atoms with Gasteiger partial charge in [-0.05, 0) is 55.5 Å². The van der Waals surface area contributed by atoms with E-state index in [-0.39, 0.29) is 11.9 Å². The fourth-order valence-electron chi connectivity index (χ4n) is 4.10. The molecular weight excluding hydrogens is 498 g/mol. The number of amides is 1. The summed E-state index contributed by atoms with van der Waals surface area (Å²) in [5.41, 5.74) is 5.37. The topological polar surface area (TPSA) is 71.8 Å². The fourth-order valence-corrected chi connectivity index (χ4v) is 6.03. The highest BCUT2D eigenvalue weighted by molar-refractivity contribution is 7.98. The van der Waals surface area contributed by atoms with Gasteiger partial charge in [0.25, 0.3) is 5.91 Å². The number of anilines is 2. The maximum atomic E-state index is 13.6. The van der Waals surface area contributed by atoms with Crippen LogP contribution in [0.2, 0.25) is 5.02 Å². The van der Waals surface area contributed by atoms with Crippen LogP contribution in [0.3, 0.4) is 0 Å². The third kappa shape index (κ3) is 4.87. The molecule has 5 rings (SSSR count). The third-order valence-electron chi connectivity index (χ3n) is 5.84. The van der Waals surface area contributed by atoms with Gasteiger partial charge in [-0.2, -0.15) is 4.98 Å². The average Bonchev–Trinajstić information content (AvgIpc) is 3.49. The zero-order valence-corrected chi connectivity index (χ0v) is 21.9. The molecule has 178 valence electrons. The Morgan fingerprint density at radius 2 is 2.00 bits per heavy atom. The summed E-state index contributed by atoms with van der Waals surface area (Å²) in [6, 6.07) is 17.4. The fraction of sp³-hybridized carbons (Fsp3) is 0.192. The second kappa shape index (κ2) is 9.89. The Morgan fingerprint density at radius 3 is 2.74 bits per heavy atom. The lowest BCUT2D eigenvalue weighted by atomic mass is 10.0. The number of halogens is 1. The Kier molecular flexibility index (Phi) is 6.69. The number of nitrogens with one attached hydrogen (secondary N) is 2. The van der Waals surface area contributed by atoms with Crippen LogP contribution in [0.25, 0.3) is 0 Å². The molecule has 2 N–H and O–H groups in total. The molecule has 3 heterocycles. The molecule has 0 saturated carbocycles. The molecule has 0 saturated heterocycles. The summed E-state index contributed by atoms with van der Waals surface area (Å²) in [5.74, 6) is 1.11. The zero-order chi connectivity index (χ0) is 24.5. The molecule has 9 heteroatoms. The summed E-state index contributed by atoms with van der Waals surface area (Å²) in [4.78, 5) is 19.3. The molecule has 0 bridgehead atoms. The second-order valence-electron chi connectivity index (χ2n) is 8.40. The molecule has 0 fully saturated rings. The number of carbonyl (C=O) groups excluding carboxylic acids is 1. The maximum absolute atomic E-state index is 13.6. The van der Waals surface area contributed by atoms with E-state index < -0.39 is 0 Å². The Labute approximate surface area is 217 Å². The van der Waals surface area contributed by atoms with E-state index in [2.05, 4.69) is 16.7 Å². The molecule has 2 aromatic carbocycles. The summed E-state index contributed by atoms with van der Waals surface area (Å²) in [6.45, 7) is 5.95. The lowest BCUT2D eigenvalue weighted by molar-refractivity contribution is -0.113. The van der Waals surface area contributed by atoms with Gasteiger partial charge in [-0.15, -0.1) is 16.4 Å². The Balaban J connectivity index is 1.46. The molecule has 1 aliphatic rings. The largest absolute Gasteiger partial charge is 0.328 e. The van der Waals surface area contributed by atoms with Crippen molar-refractivity contribution in [3.63, 3.8) is 0 Å². The van der Waals surface area contributed by atoms with Gasteiger partial charge in [-0.1, -0.05) is 65.3 Å². The van der Waals surface area contributed by atoms with Crippen molar-refractivity contribution in [2.24, 2.45) is 0 Å². The van der Waals surface area contributed by atoms with E-state index >= 15 is 0 Å². The van der Waals surface area contributed by atoms with Gasteiger partial charge in [-0.3, -0.25) is 4.79 Å². The molecule has 0 aliphatic carbocycles. The number of aryl methyl sites for hydroxylation is 2. The maximum Gasteiger partial charge on any atom is 0.255 e. The highest BCUT2D eigenvalue weighted by Crippen LogP contribution is 2.39. The van der Waals surface area contributed by atoms with Crippen LogP contribution in [-0.4, -0.2) is 20.7 Å². The molecule has 1 aliphatic heterocycles. The van der Waals surface area contributed by atoms with Crippen molar-refractivity contribution in [2.75, 3.05) is 10.6 Å². The van der Waals surface area contributed by atoms with Crippen molar-refractivity contribution in [3.8, 4) is 0 Å². The van der Waals surface area contributed by atoms with Gasteiger partial charge in [-0.25, -0.2) is 4.68 Å². The molecule has 0 spiro atoms. The molecule has 2 aromatic heterocycles. The predicted molar refractivity (Wildman–Crippen MR) is 144 cm³/mol. The van der Waals surface area contributed by atoms with Crippen molar-refractivity contribution in [1.82, 2.24) is 14.8 Å². The van der Waals surface area contributed by atoms with Crippen molar-refractivity contribution in [3.05, 3.63) is 97.8 Å². The van der Waals surface area contributed by atoms with E-state index in [4.69, 9.17) is 21.7 Å². The molecule has 1 atom stereocenters. The molecule has 0 radical (unpaired) electrons. The van der Waals surface area contributed by atoms with Gasteiger partial charge in [0.2, 0.25) is 11.1 Å². The van der Waals surface area contributed by atoms with Crippen LogP contribution < -0.4 is 10.6 Å². The molecule has 1 amide bonds. The highest BCUT2D eigenvalue weighted by Gasteiger charge is 2.35. The standard InChI is InChI=1S/C26H24ClN5OS2/c1-15-10-11-20(16(2)13-15)29-24(33)22-17(3)28-25-30-26(35-14-18-7-4-5-8-19(18)27)31-32(25)23(22)21-9-6-12-34-21/h4-13,23H,14H2,1-3H3,(H,29,33)(H,28,30,31)/t23-/m0/s1. The van der Waals surface area contributed by atoms with Crippen molar-refractivity contribution in [2.45, 2.75) is 37.7 Å². The number of allylic oxidation sites excluding steroid dienone is 1. The quantitative estimate of drug-likeness (QED) is 0.272. The lowest BCUT2D eigenvalue weighted by Crippen LogP contribution is -2.31. The zero-order valence-electron chi connectivity index (χ0n) is 19.5. The van der Waals surface area contributed by atoms with E-state index in [0.29, 0.717) is 22.4 Å². The van der Waals surface area contributed by atoms with E-state index in [1.165, 1.54) is 11.8 Å². The van der Waals surface area contributed by atoms with Gasteiger partial charge in [0.1, 0.15) is 6.04 Å². The minimum absolute atomic E-state index is 0.160. The van der Waals surface area contributed by atoms with E-state index in [1.807, 2.05) is 79.4 Å². The molecule has 4 aromatic rings. The summed E-state index contributed by atoms with van der Waals surface area (Å²) >= 11 is 9.43. The van der Waals surface area contributed by atoms with Crippen molar-refractivity contribution in [1.29, 1.82) is 0 Å². The van der Waals surface area contributed by atoms with Gasteiger partial charge < -0.3 is 10.6 Å². The van der Waals surface area contributed by atoms with Gasteiger partial charge in [0.05, 0.1) is 5.57 Å². The monoisotopic (exact) mass is 521 g/mol. The van der Waals surface area contributed by atoms with Crippen LogP contribution in [0.4, 0.5) is 11.6 Å². The van der Waals surface area contributed by atoms with E-state index in [9.17, 15) is 4.79 Å². The number of thioether (sulfide) groups is 1. The van der Waals surface area contributed by atoms with Crippen LogP contribution in [-0.2, 0) is 10.5 Å². The number of carbonyl (C=O) groups is 1. The van der Waals surface area contributed by atoms with Crippen LogP contribution in [0.1, 0.15) is 34.5 Å².